The summed E-state index contributed by atoms with van der Waals surface area (Å²) in [6, 6.07) is 0.624. The van der Waals surface area contributed by atoms with Crippen molar-refractivity contribution in [3.63, 3.8) is 0 Å². The Labute approximate surface area is 93.0 Å². The third-order valence-electron chi connectivity index (χ3n) is 5.38. The first-order chi connectivity index (χ1) is 7.05. The van der Waals surface area contributed by atoms with Crippen LogP contribution in [0, 0.1) is 17.8 Å². The van der Waals surface area contributed by atoms with Crippen LogP contribution in [0.3, 0.4) is 0 Å². The standard InChI is InChI=1S/C12H22O2Si/c1-2-15(13,14)12-6-9-3-10(7-12)5-11(4-9)8-12/h9-11,13-14H,2-8H2,1H3. The molecule has 4 saturated carbocycles. The van der Waals surface area contributed by atoms with Gasteiger partial charge in [0.15, 0.2) is 0 Å². The van der Waals surface area contributed by atoms with E-state index in [1.807, 2.05) is 6.92 Å². The van der Waals surface area contributed by atoms with Gasteiger partial charge in [0.25, 0.3) is 0 Å². The molecule has 4 fully saturated rings. The van der Waals surface area contributed by atoms with E-state index in [0.717, 1.165) is 37.0 Å². The molecule has 4 aliphatic carbocycles. The average molecular weight is 226 g/mol. The van der Waals surface area contributed by atoms with Crippen molar-refractivity contribution in [3.05, 3.63) is 0 Å². The topological polar surface area (TPSA) is 40.5 Å². The van der Waals surface area contributed by atoms with E-state index in [9.17, 15) is 9.59 Å². The van der Waals surface area contributed by atoms with E-state index in [4.69, 9.17) is 0 Å². The zero-order valence-corrected chi connectivity index (χ0v) is 10.6. The van der Waals surface area contributed by atoms with E-state index >= 15 is 0 Å². The summed E-state index contributed by atoms with van der Waals surface area (Å²) in [6.45, 7) is 1.96. The lowest BCUT2D eigenvalue weighted by atomic mass is 9.56. The first-order valence-electron chi connectivity index (χ1n) is 6.49. The van der Waals surface area contributed by atoms with Gasteiger partial charge in [-0.3, -0.25) is 0 Å². The van der Waals surface area contributed by atoms with Gasteiger partial charge in [0.2, 0.25) is 0 Å². The molecule has 86 valence electrons. The Hall–Kier alpha value is 0.137. The molecule has 0 aromatic rings. The van der Waals surface area contributed by atoms with Crippen LogP contribution in [-0.2, 0) is 0 Å². The maximum atomic E-state index is 10.4. The van der Waals surface area contributed by atoms with Crippen LogP contribution < -0.4 is 0 Å². The minimum absolute atomic E-state index is 0.00347. The predicted molar refractivity (Wildman–Crippen MR) is 61.5 cm³/mol. The molecule has 0 heterocycles. The van der Waals surface area contributed by atoms with Gasteiger partial charge in [0, 0.05) is 5.04 Å². The highest BCUT2D eigenvalue weighted by molar-refractivity contribution is 6.68. The van der Waals surface area contributed by atoms with Crippen LogP contribution in [0.1, 0.15) is 45.4 Å². The van der Waals surface area contributed by atoms with E-state index in [-0.39, 0.29) is 5.04 Å². The van der Waals surface area contributed by atoms with Crippen LogP contribution in [0.2, 0.25) is 11.1 Å². The third-order valence-corrected chi connectivity index (χ3v) is 8.68. The molecule has 0 saturated heterocycles. The third kappa shape index (κ3) is 1.36. The minimum Gasteiger partial charge on any atom is -0.410 e. The van der Waals surface area contributed by atoms with Crippen molar-refractivity contribution in [3.8, 4) is 0 Å². The van der Waals surface area contributed by atoms with Crippen molar-refractivity contribution in [2.45, 2.75) is 56.5 Å². The van der Waals surface area contributed by atoms with Gasteiger partial charge in [-0.1, -0.05) is 6.92 Å². The van der Waals surface area contributed by atoms with Crippen LogP contribution in [0.15, 0.2) is 0 Å². The maximum Gasteiger partial charge on any atom is 0.338 e. The van der Waals surface area contributed by atoms with Crippen molar-refractivity contribution in [2.24, 2.45) is 17.8 Å². The number of hydrogen-bond donors (Lipinski definition) is 2. The van der Waals surface area contributed by atoms with Gasteiger partial charge < -0.3 is 9.59 Å². The zero-order chi connectivity index (χ0) is 10.7. The molecule has 0 atom stereocenters. The molecular weight excluding hydrogens is 204 g/mol. The lowest BCUT2D eigenvalue weighted by molar-refractivity contribution is 0.00790. The summed E-state index contributed by atoms with van der Waals surface area (Å²) in [7, 11) is -2.93. The molecule has 0 aliphatic heterocycles. The molecular formula is C12H22O2Si. The highest BCUT2D eigenvalue weighted by Crippen LogP contribution is 2.67. The van der Waals surface area contributed by atoms with Gasteiger partial charge >= 0.3 is 8.56 Å². The molecule has 4 bridgehead atoms. The quantitative estimate of drug-likeness (QED) is 0.710. The predicted octanol–water partition coefficient (Wildman–Crippen LogP) is 2.40. The maximum absolute atomic E-state index is 10.4. The zero-order valence-electron chi connectivity index (χ0n) is 9.58. The lowest BCUT2D eigenvalue weighted by Gasteiger charge is -2.59. The Morgan fingerprint density at radius 1 is 1.00 bits per heavy atom. The minimum atomic E-state index is -2.93. The fraction of sp³-hybridized carbons (Fsp3) is 1.00. The Morgan fingerprint density at radius 2 is 1.40 bits per heavy atom. The molecule has 0 spiro atoms. The van der Waals surface area contributed by atoms with Gasteiger partial charge in [-0.05, 0) is 62.3 Å². The fourth-order valence-corrected chi connectivity index (χ4v) is 7.57. The molecule has 4 aliphatic rings. The van der Waals surface area contributed by atoms with Gasteiger partial charge in [0.05, 0.1) is 0 Å². The summed E-state index contributed by atoms with van der Waals surface area (Å²) in [5, 5.41) is -0.00347. The second-order valence-corrected chi connectivity index (χ2v) is 9.77. The van der Waals surface area contributed by atoms with Crippen LogP contribution >= 0.6 is 0 Å². The monoisotopic (exact) mass is 226 g/mol. The highest BCUT2D eigenvalue weighted by atomic mass is 28.4. The second kappa shape index (κ2) is 3.08. The Kier molecular flexibility index (Phi) is 2.12. The molecule has 2 N–H and O–H groups in total. The first-order valence-corrected chi connectivity index (χ1v) is 8.59. The summed E-state index contributed by atoms with van der Waals surface area (Å²) >= 11 is 0. The summed E-state index contributed by atoms with van der Waals surface area (Å²) in [6.07, 6.45) is 7.54. The average Bonchev–Trinajstić information content (AvgIpc) is 2.15. The molecule has 0 unspecified atom stereocenters. The van der Waals surface area contributed by atoms with Crippen molar-refractivity contribution in [2.75, 3.05) is 0 Å². The Balaban J connectivity index is 1.93. The number of rotatable bonds is 2. The summed E-state index contributed by atoms with van der Waals surface area (Å²) < 4.78 is 0. The van der Waals surface area contributed by atoms with Crippen molar-refractivity contribution in [1.82, 2.24) is 0 Å². The van der Waals surface area contributed by atoms with Crippen molar-refractivity contribution in [1.29, 1.82) is 0 Å². The second-order valence-electron chi connectivity index (χ2n) is 6.37. The Morgan fingerprint density at radius 3 is 1.73 bits per heavy atom. The van der Waals surface area contributed by atoms with Crippen molar-refractivity contribution >= 4 is 8.56 Å². The largest absolute Gasteiger partial charge is 0.410 e. The highest BCUT2D eigenvalue weighted by Gasteiger charge is 2.61. The molecule has 0 aromatic heterocycles. The van der Waals surface area contributed by atoms with E-state index in [1.165, 1.54) is 19.3 Å². The summed E-state index contributed by atoms with van der Waals surface area (Å²) in [5.41, 5.74) is 0. The number of hydrogen-bond acceptors (Lipinski definition) is 2. The van der Waals surface area contributed by atoms with E-state index in [1.54, 1.807) is 0 Å². The lowest BCUT2D eigenvalue weighted by Crippen LogP contribution is -2.57. The van der Waals surface area contributed by atoms with Crippen molar-refractivity contribution < 1.29 is 9.59 Å². The fourth-order valence-electron chi connectivity index (χ4n) is 4.98. The SMILES string of the molecule is CC[Si](O)(O)C12CC3CC(CC(C3)C1)C2. The van der Waals surface area contributed by atoms with Crippen LogP contribution in [0.4, 0.5) is 0 Å². The van der Waals surface area contributed by atoms with Crippen LogP contribution in [0.5, 0.6) is 0 Å². The van der Waals surface area contributed by atoms with Gasteiger partial charge in [-0.2, -0.15) is 0 Å². The molecule has 2 nitrogen and oxygen atoms in total. The Bertz CT molecular complexity index is 240. The summed E-state index contributed by atoms with van der Waals surface area (Å²) in [5.74, 6) is 2.48. The molecule has 15 heavy (non-hydrogen) atoms. The smallest absolute Gasteiger partial charge is 0.338 e. The van der Waals surface area contributed by atoms with Crippen LogP contribution in [-0.4, -0.2) is 18.2 Å². The van der Waals surface area contributed by atoms with E-state index in [0.29, 0.717) is 6.04 Å². The van der Waals surface area contributed by atoms with E-state index in [2.05, 4.69) is 0 Å². The molecule has 3 heteroatoms. The summed E-state index contributed by atoms with van der Waals surface area (Å²) in [4.78, 5) is 20.8. The van der Waals surface area contributed by atoms with Gasteiger partial charge in [-0.15, -0.1) is 0 Å². The van der Waals surface area contributed by atoms with Crippen LogP contribution in [0.25, 0.3) is 0 Å². The molecule has 0 amide bonds. The normalized spacial score (nSPS) is 48.6. The first kappa shape index (κ1) is 10.3. The van der Waals surface area contributed by atoms with Gasteiger partial charge in [-0.25, -0.2) is 0 Å². The van der Waals surface area contributed by atoms with E-state index < -0.39 is 8.56 Å². The van der Waals surface area contributed by atoms with Gasteiger partial charge in [0.1, 0.15) is 0 Å². The molecule has 0 aromatic carbocycles. The molecule has 4 rings (SSSR count). The molecule has 0 radical (unpaired) electrons.